The molecule has 1 heterocycles. The Kier molecular flexibility index (Phi) is 7.27. The highest BCUT2D eigenvalue weighted by atomic mass is 19.1. The molecule has 1 aliphatic heterocycles. The van der Waals surface area contributed by atoms with Crippen LogP contribution in [-0.2, 0) is 9.59 Å². The van der Waals surface area contributed by atoms with E-state index < -0.39 is 16.7 Å². The Morgan fingerprint density at radius 2 is 1.77 bits per heavy atom. The van der Waals surface area contributed by atoms with E-state index in [1.807, 2.05) is 7.05 Å². The van der Waals surface area contributed by atoms with Crippen molar-refractivity contribution in [2.45, 2.75) is 6.04 Å². The summed E-state index contributed by atoms with van der Waals surface area (Å²) in [7, 11) is 2.03. The van der Waals surface area contributed by atoms with Crippen molar-refractivity contribution < 1.29 is 18.9 Å². The Labute approximate surface area is 179 Å². The molecule has 1 saturated heterocycles. The summed E-state index contributed by atoms with van der Waals surface area (Å²) in [4.78, 5) is 39.2. The summed E-state index contributed by atoms with van der Waals surface area (Å²) in [6.07, 6.45) is 0. The molecule has 1 aliphatic rings. The molecule has 164 valence electrons. The summed E-state index contributed by atoms with van der Waals surface area (Å²) in [5.41, 5.74) is 0.804. The van der Waals surface area contributed by atoms with Crippen LogP contribution < -0.4 is 10.6 Å². The van der Waals surface area contributed by atoms with Gasteiger partial charge in [-0.3, -0.25) is 24.6 Å². The van der Waals surface area contributed by atoms with E-state index in [1.165, 1.54) is 36.4 Å². The number of nitro benzene ring substituents is 1. The molecule has 0 spiro atoms. The first-order chi connectivity index (χ1) is 14.8. The number of likely N-dealkylation sites (N-methyl/N-ethyl adjacent to an activating group) is 1. The molecule has 0 aromatic heterocycles. The zero-order valence-electron chi connectivity index (χ0n) is 17.1. The molecule has 9 nitrogen and oxygen atoms in total. The van der Waals surface area contributed by atoms with Gasteiger partial charge in [0.1, 0.15) is 5.82 Å². The number of halogens is 1. The zero-order valence-corrected chi connectivity index (χ0v) is 17.1. The number of rotatable bonds is 6. The molecule has 10 heteroatoms. The van der Waals surface area contributed by atoms with Crippen LogP contribution in [0.1, 0.15) is 11.6 Å². The van der Waals surface area contributed by atoms with Gasteiger partial charge in [0, 0.05) is 50.5 Å². The van der Waals surface area contributed by atoms with Crippen LogP contribution in [0.25, 0.3) is 0 Å². The minimum absolute atomic E-state index is 0.156. The van der Waals surface area contributed by atoms with Gasteiger partial charge in [-0.2, -0.15) is 0 Å². The van der Waals surface area contributed by atoms with Gasteiger partial charge in [-0.1, -0.05) is 18.2 Å². The lowest BCUT2D eigenvalue weighted by Crippen LogP contribution is -2.49. The zero-order chi connectivity index (χ0) is 22.4. The third kappa shape index (κ3) is 6.06. The third-order valence-electron chi connectivity index (χ3n) is 5.21. The van der Waals surface area contributed by atoms with Crippen LogP contribution in [0.5, 0.6) is 0 Å². The predicted octanol–water partition coefficient (Wildman–Crippen LogP) is 1.78. The molecular weight excluding hydrogens is 405 g/mol. The van der Waals surface area contributed by atoms with Crippen molar-refractivity contribution in [2.24, 2.45) is 0 Å². The first-order valence-corrected chi connectivity index (χ1v) is 9.85. The van der Waals surface area contributed by atoms with Gasteiger partial charge >= 0.3 is 11.8 Å². The fourth-order valence-electron chi connectivity index (χ4n) is 3.43. The molecule has 1 fully saturated rings. The van der Waals surface area contributed by atoms with Crippen molar-refractivity contribution in [1.82, 2.24) is 15.1 Å². The average molecular weight is 429 g/mol. The minimum Gasteiger partial charge on any atom is -0.346 e. The first-order valence-electron chi connectivity index (χ1n) is 9.85. The maximum atomic E-state index is 13.4. The summed E-state index contributed by atoms with van der Waals surface area (Å²) < 4.78 is 13.4. The fourth-order valence-corrected chi connectivity index (χ4v) is 3.43. The van der Waals surface area contributed by atoms with Crippen molar-refractivity contribution >= 4 is 23.2 Å². The van der Waals surface area contributed by atoms with Crippen molar-refractivity contribution in [1.29, 1.82) is 0 Å². The Morgan fingerprint density at radius 1 is 1.10 bits per heavy atom. The Morgan fingerprint density at radius 3 is 2.42 bits per heavy atom. The number of hydrogen-bond donors (Lipinski definition) is 2. The molecule has 2 N–H and O–H groups in total. The quantitative estimate of drug-likeness (QED) is 0.412. The van der Waals surface area contributed by atoms with Crippen molar-refractivity contribution in [2.75, 3.05) is 45.1 Å². The van der Waals surface area contributed by atoms with Gasteiger partial charge in [0.2, 0.25) is 0 Å². The SMILES string of the molecule is CN1CCN([C@@H](CNC(=O)C(=O)Nc2cccc([N+](=O)[O-])c2)c2ccc(F)cc2)CC1. The monoisotopic (exact) mass is 429 g/mol. The lowest BCUT2D eigenvalue weighted by atomic mass is 10.0. The van der Waals surface area contributed by atoms with Gasteiger partial charge in [0.15, 0.2) is 0 Å². The Bertz CT molecular complexity index is 945. The smallest absolute Gasteiger partial charge is 0.313 e. The second-order valence-electron chi connectivity index (χ2n) is 7.38. The maximum absolute atomic E-state index is 13.4. The number of benzene rings is 2. The summed E-state index contributed by atoms with van der Waals surface area (Å²) in [6.45, 7) is 3.43. The van der Waals surface area contributed by atoms with Crippen molar-refractivity contribution in [3.8, 4) is 0 Å². The van der Waals surface area contributed by atoms with Crippen LogP contribution in [-0.4, -0.2) is 66.3 Å². The number of nitro groups is 1. The van der Waals surface area contributed by atoms with Gasteiger partial charge < -0.3 is 15.5 Å². The Hall–Kier alpha value is -3.37. The molecule has 0 unspecified atom stereocenters. The van der Waals surface area contributed by atoms with Crippen LogP contribution in [0.3, 0.4) is 0 Å². The van der Waals surface area contributed by atoms with E-state index in [0.29, 0.717) is 0 Å². The normalized spacial score (nSPS) is 15.8. The summed E-state index contributed by atoms with van der Waals surface area (Å²) in [5.74, 6) is -2.12. The lowest BCUT2D eigenvalue weighted by molar-refractivity contribution is -0.384. The molecule has 0 aliphatic carbocycles. The molecule has 1 atom stereocenters. The van der Waals surface area contributed by atoms with E-state index >= 15 is 0 Å². The fraction of sp³-hybridized carbons (Fsp3) is 0.333. The van der Waals surface area contributed by atoms with Gasteiger partial charge in [-0.25, -0.2) is 4.39 Å². The highest BCUT2D eigenvalue weighted by Crippen LogP contribution is 2.22. The van der Waals surface area contributed by atoms with E-state index in [-0.39, 0.29) is 29.8 Å². The van der Waals surface area contributed by atoms with Crippen LogP contribution >= 0.6 is 0 Å². The third-order valence-corrected chi connectivity index (χ3v) is 5.21. The van der Waals surface area contributed by atoms with E-state index in [1.54, 1.807) is 12.1 Å². The van der Waals surface area contributed by atoms with Gasteiger partial charge in [-0.05, 0) is 30.8 Å². The van der Waals surface area contributed by atoms with Crippen molar-refractivity contribution in [3.05, 3.63) is 70.0 Å². The largest absolute Gasteiger partial charge is 0.346 e. The lowest BCUT2D eigenvalue weighted by Gasteiger charge is -2.38. The number of anilines is 1. The molecule has 0 bridgehead atoms. The number of non-ortho nitro benzene ring substituents is 1. The highest BCUT2D eigenvalue weighted by Gasteiger charge is 2.25. The van der Waals surface area contributed by atoms with Crippen molar-refractivity contribution in [3.63, 3.8) is 0 Å². The molecule has 0 saturated carbocycles. The molecule has 3 rings (SSSR count). The molecule has 2 aromatic rings. The van der Waals surface area contributed by atoms with Gasteiger partial charge in [0.05, 0.1) is 11.0 Å². The summed E-state index contributed by atoms with van der Waals surface area (Å²) in [6, 6.07) is 11.2. The standard InChI is InChI=1S/C21H24FN5O4/c1-25-9-11-26(12-10-25)19(15-5-7-16(22)8-6-15)14-23-20(28)21(29)24-17-3-2-4-18(13-17)27(30)31/h2-8,13,19H,9-12,14H2,1H3,(H,23,28)(H,24,29)/t19-/m0/s1. The van der Waals surface area contributed by atoms with E-state index in [4.69, 9.17) is 0 Å². The summed E-state index contributed by atoms with van der Waals surface area (Å²) >= 11 is 0. The second kappa shape index (κ2) is 10.1. The molecule has 31 heavy (non-hydrogen) atoms. The minimum atomic E-state index is -0.920. The van der Waals surface area contributed by atoms with Crippen LogP contribution in [0.4, 0.5) is 15.8 Å². The number of amides is 2. The number of hydrogen-bond acceptors (Lipinski definition) is 6. The maximum Gasteiger partial charge on any atom is 0.313 e. The number of piperazine rings is 1. The number of carbonyl (C=O) groups excluding carboxylic acids is 2. The van der Waals surface area contributed by atoms with Crippen LogP contribution in [0.2, 0.25) is 0 Å². The van der Waals surface area contributed by atoms with E-state index in [2.05, 4.69) is 20.4 Å². The first kappa shape index (κ1) is 22.3. The topological polar surface area (TPSA) is 108 Å². The predicted molar refractivity (Wildman–Crippen MR) is 113 cm³/mol. The Balaban J connectivity index is 1.65. The molecular formula is C21H24FN5O4. The number of nitrogens with one attached hydrogen (secondary N) is 2. The van der Waals surface area contributed by atoms with E-state index in [0.717, 1.165) is 31.7 Å². The number of nitrogens with zero attached hydrogens (tertiary/aromatic N) is 3. The average Bonchev–Trinajstić information content (AvgIpc) is 2.76. The summed E-state index contributed by atoms with van der Waals surface area (Å²) in [5, 5.41) is 15.9. The molecule has 2 amide bonds. The van der Waals surface area contributed by atoms with Gasteiger partial charge in [-0.15, -0.1) is 0 Å². The van der Waals surface area contributed by atoms with Crippen LogP contribution in [0, 0.1) is 15.9 Å². The molecule has 0 radical (unpaired) electrons. The molecule has 2 aromatic carbocycles. The van der Waals surface area contributed by atoms with Gasteiger partial charge in [0.25, 0.3) is 5.69 Å². The second-order valence-corrected chi connectivity index (χ2v) is 7.38. The number of carbonyl (C=O) groups is 2. The van der Waals surface area contributed by atoms with E-state index in [9.17, 15) is 24.1 Å². The highest BCUT2D eigenvalue weighted by molar-refractivity contribution is 6.39. The van der Waals surface area contributed by atoms with Crippen LogP contribution in [0.15, 0.2) is 48.5 Å².